The molecule has 2 amide bonds. The van der Waals surface area contributed by atoms with E-state index in [2.05, 4.69) is 15.3 Å². The fourth-order valence-electron chi connectivity index (χ4n) is 2.44. The van der Waals surface area contributed by atoms with Crippen molar-refractivity contribution in [2.45, 2.75) is 44.6 Å². The fourth-order valence-corrected chi connectivity index (χ4v) is 3.48. The van der Waals surface area contributed by atoms with Crippen LogP contribution in [0, 0.1) is 0 Å². The zero-order valence-corrected chi connectivity index (χ0v) is 16.5. The van der Waals surface area contributed by atoms with Gasteiger partial charge < -0.3 is 5.32 Å². The SMILES string of the molecule is CC(C)c1cc(Cl)cc(C(C)C)c1NC(=O)NS(=O)(=O)c1cnccn1. The number of carbonyl (C=O) groups is 1. The molecule has 0 fully saturated rings. The van der Waals surface area contributed by atoms with Gasteiger partial charge in [0.25, 0.3) is 10.0 Å². The smallest absolute Gasteiger partial charge is 0.307 e. The summed E-state index contributed by atoms with van der Waals surface area (Å²) in [5.74, 6) is 0.163. The van der Waals surface area contributed by atoms with Crippen molar-refractivity contribution in [3.05, 3.63) is 46.9 Å². The van der Waals surface area contributed by atoms with Crippen LogP contribution in [0.2, 0.25) is 5.02 Å². The average molecular weight is 397 g/mol. The zero-order chi connectivity index (χ0) is 19.5. The standard InChI is InChI=1S/C17H21ClN4O3S/c1-10(2)13-7-12(18)8-14(11(3)4)16(13)21-17(23)22-26(24,25)15-9-19-5-6-20-15/h5-11H,1-4H3,(H2,21,22,23). The van der Waals surface area contributed by atoms with Gasteiger partial charge in [-0.1, -0.05) is 39.3 Å². The van der Waals surface area contributed by atoms with E-state index in [-0.39, 0.29) is 16.9 Å². The van der Waals surface area contributed by atoms with E-state index in [0.29, 0.717) is 10.7 Å². The molecular weight excluding hydrogens is 376 g/mol. The Hall–Kier alpha value is -2.19. The van der Waals surface area contributed by atoms with E-state index in [1.54, 1.807) is 12.1 Å². The predicted molar refractivity (Wildman–Crippen MR) is 101 cm³/mol. The zero-order valence-electron chi connectivity index (χ0n) is 14.9. The van der Waals surface area contributed by atoms with Crippen LogP contribution < -0.4 is 10.0 Å². The number of benzene rings is 1. The Kier molecular flexibility index (Phi) is 6.20. The fraction of sp³-hybridized carbons (Fsp3) is 0.353. The number of sulfonamides is 1. The van der Waals surface area contributed by atoms with E-state index < -0.39 is 16.1 Å². The molecule has 9 heteroatoms. The van der Waals surface area contributed by atoms with E-state index in [9.17, 15) is 13.2 Å². The van der Waals surface area contributed by atoms with Crippen molar-refractivity contribution >= 4 is 33.3 Å². The van der Waals surface area contributed by atoms with Crippen molar-refractivity contribution in [3.8, 4) is 0 Å². The highest BCUT2D eigenvalue weighted by Gasteiger charge is 2.22. The van der Waals surface area contributed by atoms with E-state index in [1.807, 2.05) is 32.4 Å². The van der Waals surface area contributed by atoms with Gasteiger partial charge >= 0.3 is 6.03 Å². The minimum absolute atomic E-state index is 0.0816. The molecule has 1 aromatic carbocycles. The van der Waals surface area contributed by atoms with Crippen LogP contribution in [0.25, 0.3) is 0 Å². The molecule has 0 aliphatic rings. The summed E-state index contributed by atoms with van der Waals surface area (Å²) in [6, 6.07) is 2.66. The number of hydrogen-bond acceptors (Lipinski definition) is 5. The molecule has 2 N–H and O–H groups in total. The molecule has 0 unspecified atom stereocenters. The van der Waals surface area contributed by atoms with Crippen LogP contribution in [-0.4, -0.2) is 24.4 Å². The van der Waals surface area contributed by atoms with Crippen LogP contribution in [-0.2, 0) is 10.0 Å². The lowest BCUT2D eigenvalue weighted by atomic mass is 9.92. The van der Waals surface area contributed by atoms with Crippen molar-refractivity contribution < 1.29 is 13.2 Å². The third-order valence-corrected chi connectivity index (χ3v) is 5.12. The minimum Gasteiger partial charge on any atom is -0.307 e. The number of anilines is 1. The highest BCUT2D eigenvalue weighted by atomic mass is 35.5. The summed E-state index contributed by atoms with van der Waals surface area (Å²) in [6.07, 6.45) is 3.65. The third-order valence-electron chi connectivity index (χ3n) is 3.69. The van der Waals surface area contributed by atoms with E-state index in [4.69, 9.17) is 11.6 Å². The number of carbonyl (C=O) groups excluding carboxylic acids is 1. The molecule has 0 saturated carbocycles. The normalized spacial score (nSPS) is 11.7. The molecule has 0 spiro atoms. The van der Waals surface area contributed by atoms with Gasteiger partial charge in [0.05, 0.1) is 6.20 Å². The molecule has 0 aliphatic carbocycles. The second kappa shape index (κ2) is 8.01. The van der Waals surface area contributed by atoms with E-state index in [0.717, 1.165) is 17.3 Å². The first kappa shape index (κ1) is 20.1. The maximum Gasteiger partial charge on any atom is 0.333 e. The highest BCUT2D eigenvalue weighted by molar-refractivity contribution is 7.90. The van der Waals surface area contributed by atoms with Gasteiger partial charge in [0.1, 0.15) is 0 Å². The number of amides is 2. The van der Waals surface area contributed by atoms with Gasteiger partial charge in [-0.15, -0.1) is 0 Å². The number of rotatable bonds is 5. The van der Waals surface area contributed by atoms with Gasteiger partial charge in [0.2, 0.25) is 0 Å². The summed E-state index contributed by atoms with van der Waals surface area (Å²) in [5.41, 5.74) is 2.22. The monoisotopic (exact) mass is 396 g/mol. The van der Waals surface area contributed by atoms with Crippen LogP contribution in [0.1, 0.15) is 50.7 Å². The van der Waals surface area contributed by atoms with Gasteiger partial charge in [-0.05, 0) is 35.1 Å². The number of aromatic nitrogens is 2. The van der Waals surface area contributed by atoms with E-state index in [1.165, 1.54) is 12.4 Å². The topological polar surface area (TPSA) is 101 Å². The quantitative estimate of drug-likeness (QED) is 0.798. The molecule has 2 rings (SSSR count). The molecule has 1 heterocycles. The first-order valence-electron chi connectivity index (χ1n) is 8.05. The van der Waals surface area contributed by atoms with Crippen LogP contribution in [0.15, 0.2) is 35.7 Å². The lowest BCUT2D eigenvalue weighted by Gasteiger charge is -2.21. The largest absolute Gasteiger partial charge is 0.333 e. The summed E-state index contributed by atoms with van der Waals surface area (Å²) >= 11 is 6.19. The van der Waals surface area contributed by atoms with Crippen molar-refractivity contribution in [1.82, 2.24) is 14.7 Å². The lowest BCUT2D eigenvalue weighted by Crippen LogP contribution is -2.35. The van der Waals surface area contributed by atoms with Crippen LogP contribution in [0.5, 0.6) is 0 Å². The third kappa shape index (κ3) is 4.70. The van der Waals surface area contributed by atoms with Crippen LogP contribution >= 0.6 is 11.6 Å². The number of halogens is 1. The minimum atomic E-state index is -4.12. The first-order chi connectivity index (χ1) is 12.1. The molecular formula is C17H21ClN4O3S. The van der Waals surface area contributed by atoms with Gasteiger partial charge in [-0.25, -0.2) is 14.5 Å². The lowest BCUT2D eigenvalue weighted by molar-refractivity contribution is 0.256. The summed E-state index contributed by atoms with van der Waals surface area (Å²) in [4.78, 5) is 19.8. The summed E-state index contributed by atoms with van der Waals surface area (Å²) in [5, 5.41) is 2.89. The Balaban J connectivity index is 2.34. The molecule has 7 nitrogen and oxygen atoms in total. The Labute approximate surface area is 158 Å². The summed E-state index contributed by atoms with van der Waals surface area (Å²) in [7, 11) is -4.12. The van der Waals surface area contributed by atoms with Crippen molar-refractivity contribution in [2.75, 3.05) is 5.32 Å². The highest BCUT2D eigenvalue weighted by Crippen LogP contribution is 2.35. The molecule has 0 bridgehead atoms. The van der Waals surface area contributed by atoms with Crippen molar-refractivity contribution in [1.29, 1.82) is 0 Å². The molecule has 0 radical (unpaired) electrons. The average Bonchev–Trinajstić information content (AvgIpc) is 2.56. The molecule has 1 aromatic heterocycles. The molecule has 0 aliphatic heterocycles. The van der Waals surface area contributed by atoms with E-state index >= 15 is 0 Å². The predicted octanol–water partition coefficient (Wildman–Crippen LogP) is 3.89. The van der Waals surface area contributed by atoms with Gasteiger partial charge in [-0.2, -0.15) is 8.42 Å². The second-order valence-corrected chi connectivity index (χ2v) is 8.44. The second-order valence-electron chi connectivity index (χ2n) is 6.37. The summed E-state index contributed by atoms with van der Waals surface area (Å²) < 4.78 is 26.4. The number of urea groups is 1. The summed E-state index contributed by atoms with van der Waals surface area (Å²) in [6.45, 7) is 7.87. The Morgan fingerprint density at radius 1 is 1.08 bits per heavy atom. The molecule has 2 aromatic rings. The molecule has 140 valence electrons. The Morgan fingerprint density at radius 3 is 2.12 bits per heavy atom. The molecule has 0 saturated heterocycles. The van der Waals surface area contributed by atoms with Crippen molar-refractivity contribution in [2.24, 2.45) is 0 Å². The maximum atomic E-state index is 12.4. The first-order valence-corrected chi connectivity index (χ1v) is 9.91. The van der Waals surface area contributed by atoms with Crippen LogP contribution in [0.3, 0.4) is 0 Å². The van der Waals surface area contributed by atoms with Crippen molar-refractivity contribution in [3.63, 3.8) is 0 Å². The number of hydrogen-bond donors (Lipinski definition) is 2. The van der Waals surface area contributed by atoms with Gasteiger partial charge in [0, 0.05) is 23.1 Å². The Morgan fingerprint density at radius 2 is 1.65 bits per heavy atom. The van der Waals surface area contributed by atoms with Gasteiger partial charge in [-0.3, -0.25) is 4.98 Å². The molecule has 0 atom stereocenters. The molecule has 26 heavy (non-hydrogen) atoms. The van der Waals surface area contributed by atoms with Crippen LogP contribution in [0.4, 0.5) is 10.5 Å². The number of nitrogens with zero attached hydrogens (tertiary/aromatic N) is 2. The maximum absolute atomic E-state index is 12.4. The number of nitrogens with one attached hydrogen (secondary N) is 2. The van der Waals surface area contributed by atoms with Gasteiger partial charge in [0.15, 0.2) is 5.03 Å². The Bertz CT molecular complexity index is 870.